The Hall–Kier alpha value is -1.80. The molecule has 0 saturated heterocycles. The van der Waals surface area contributed by atoms with Gasteiger partial charge in [0.05, 0.1) is 7.05 Å². The highest BCUT2D eigenvalue weighted by Gasteiger charge is 2.14. The molecule has 114 valence electrons. The number of carbonyl (C=O) groups is 1. The standard InChI is InChI=1S/C13H19N5O2S/c1-4-5-14-10(19)7-17(3)8-11-16-18-12(20)6-9(2)15-13(18)21-11/h6H,4-5,7-8H2,1-3H3,(H,14,19)/p+1. The van der Waals surface area contributed by atoms with E-state index in [1.807, 2.05) is 14.0 Å². The van der Waals surface area contributed by atoms with E-state index in [0.717, 1.165) is 16.3 Å². The second kappa shape index (κ2) is 6.77. The molecule has 1 unspecified atom stereocenters. The van der Waals surface area contributed by atoms with E-state index < -0.39 is 0 Å². The van der Waals surface area contributed by atoms with E-state index in [2.05, 4.69) is 15.4 Å². The zero-order valence-corrected chi connectivity index (χ0v) is 13.3. The maximum absolute atomic E-state index is 11.8. The maximum Gasteiger partial charge on any atom is 0.275 e. The van der Waals surface area contributed by atoms with Crippen LogP contribution < -0.4 is 15.8 Å². The number of hydrogen-bond donors (Lipinski definition) is 2. The smallest absolute Gasteiger partial charge is 0.275 e. The number of rotatable bonds is 6. The first-order valence-corrected chi connectivity index (χ1v) is 7.75. The van der Waals surface area contributed by atoms with Gasteiger partial charge >= 0.3 is 0 Å². The zero-order valence-electron chi connectivity index (χ0n) is 12.5. The summed E-state index contributed by atoms with van der Waals surface area (Å²) in [7, 11) is 1.93. The third kappa shape index (κ3) is 4.08. The molecule has 21 heavy (non-hydrogen) atoms. The van der Waals surface area contributed by atoms with Gasteiger partial charge in [-0.2, -0.15) is 9.61 Å². The topological polar surface area (TPSA) is 80.8 Å². The highest BCUT2D eigenvalue weighted by Crippen LogP contribution is 2.09. The fourth-order valence-corrected chi connectivity index (χ4v) is 3.01. The molecule has 0 fully saturated rings. The number of likely N-dealkylation sites (N-methyl/N-ethyl adjacent to an activating group) is 1. The summed E-state index contributed by atoms with van der Waals surface area (Å²) in [5.74, 6) is 0.0293. The van der Waals surface area contributed by atoms with Crippen molar-refractivity contribution in [3.63, 3.8) is 0 Å². The summed E-state index contributed by atoms with van der Waals surface area (Å²) >= 11 is 1.39. The van der Waals surface area contributed by atoms with E-state index in [0.29, 0.717) is 30.3 Å². The molecule has 1 amide bonds. The van der Waals surface area contributed by atoms with Crippen molar-refractivity contribution in [2.75, 3.05) is 20.1 Å². The molecule has 0 saturated carbocycles. The number of nitrogens with one attached hydrogen (secondary N) is 2. The van der Waals surface area contributed by atoms with Crippen LogP contribution in [0.25, 0.3) is 4.96 Å². The van der Waals surface area contributed by atoms with Gasteiger partial charge in [-0.05, 0) is 13.3 Å². The summed E-state index contributed by atoms with van der Waals surface area (Å²) in [6.07, 6.45) is 0.927. The lowest BCUT2D eigenvalue weighted by Gasteiger charge is -2.11. The molecule has 0 aliphatic heterocycles. The summed E-state index contributed by atoms with van der Waals surface area (Å²) in [4.78, 5) is 29.4. The molecule has 2 heterocycles. The Morgan fingerprint density at radius 3 is 3.00 bits per heavy atom. The second-order valence-corrected chi connectivity index (χ2v) is 6.13. The maximum atomic E-state index is 11.8. The molecule has 7 nitrogen and oxygen atoms in total. The van der Waals surface area contributed by atoms with Crippen LogP contribution >= 0.6 is 11.3 Å². The highest BCUT2D eigenvalue weighted by atomic mass is 32.1. The Bertz CT molecular complexity index is 693. The van der Waals surface area contributed by atoms with Gasteiger partial charge in [0.15, 0.2) is 11.6 Å². The van der Waals surface area contributed by atoms with Gasteiger partial charge in [-0.3, -0.25) is 9.59 Å². The van der Waals surface area contributed by atoms with Crippen LogP contribution in [0, 0.1) is 6.92 Å². The molecule has 0 aliphatic rings. The van der Waals surface area contributed by atoms with Gasteiger partial charge in [0.25, 0.3) is 11.5 Å². The number of nitrogens with zero attached hydrogens (tertiary/aromatic N) is 3. The molecule has 8 heteroatoms. The van der Waals surface area contributed by atoms with Crippen LogP contribution in [0.2, 0.25) is 0 Å². The normalized spacial score (nSPS) is 12.5. The minimum atomic E-state index is -0.168. The van der Waals surface area contributed by atoms with Crippen LogP contribution in [0.4, 0.5) is 0 Å². The molecule has 2 aromatic heterocycles. The minimum absolute atomic E-state index is 0.0293. The molecule has 0 bridgehead atoms. The average Bonchev–Trinajstić information content (AvgIpc) is 2.78. The largest absolute Gasteiger partial charge is 0.351 e. The summed E-state index contributed by atoms with van der Waals surface area (Å²) in [6, 6.07) is 1.46. The van der Waals surface area contributed by atoms with E-state index >= 15 is 0 Å². The number of aromatic nitrogens is 3. The van der Waals surface area contributed by atoms with Crippen LogP contribution in [0.5, 0.6) is 0 Å². The number of amides is 1. The lowest BCUT2D eigenvalue weighted by molar-refractivity contribution is -0.885. The first kappa shape index (κ1) is 15.6. The van der Waals surface area contributed by atoms with Crippen LogP contribution in [0.15, 0.2) is 10.9 Å². The summed E-state index contributed by atoms with van der Waals surface area (Å²) in [6.45, 7) is 5.48. The number of fused-ring (bicyclic) bond motifs is 1. The van der Waals surface area contributed by atoms with E-state index in [1.165, 1.54) is 21.9 Å². The Kier molecular flexibility index (Phi) is 5.03. The Labute approximate surface area is 126 Å². The van der Waals surface area contributed by atoms with Gasteiger partial charge in [-0.15, -0.1) is 0 Å². The van der Waals surface area contributed by atoms with Gasteiger partial charge in [0.2, 0.25) is 4.96 Å². The second-order valence-electron chi connectivity index (χ2n) is 5.09. The van der Waals surface area contributed by atoms with E-state index in [1.54, 1.807) is 6.92 Å². The molecule has 1 atom stereocenters. The van der Waals surface area contributed by atoms with Crippen molar-refractivity contribution >= 4 is 22.2 Å². The van der Waals surface area contributed by atoms with Crippen molar-refractivity contribution in [2.24, 2.45) is 0 Å². The van der Waals surface area contributed by atoms with Gasteiger partial charge in [-0.1, -0.05) is 18.3 Å². The predicted octanol–water partition coefficient (Wildman–Crippen LogP) is -1.000. The van der Waals surface area contributed by atoms with Crippen molar-refractivity contribution in [2.45, 2.75) is 26.8 Å². The van der Waals surface area contributed by atoms with Gasteiger partial charge in [0, 0.05) is 18.3 Å². The fourth-order valence-electron chi connectivity index (χ4n) is 1.95. The van der Waals surface area contributed by atoms with E-state index in [9.17, 15) is 9.59 Å². The van der Waals surface area contributed by atoms with Crippen LogP contribution in [0.3, 0.4) is 0 Å². The minimum Gasteiger partial charge on any atom is -0.351 e. The van der Waals surface area contributed by atoms with Crippen molar-refractivity contribution in [1.29, 1.82) is 0 Å². The van der Waals surface area contributed by atoms with Crippen molar-refractivity contribution in [3.05, 3.63) is 27.1 Å². The Balaban J connectivity index is 2.04. The predicted molar refractivity (Wildman–Crippen MR) is 80.6 cm³/mol. The molecular weight excluding hydrogens is 290 g/mol. The van der Waals surface area contributed by atoms with Crippen molar-refractivity contribution in [1.82, 2.24) is 19.9 Å². The van der Waals surface area contributed by atoms with E-state index in [4.69, 9.17) is 0 Å². The molecule has 2 N–H and O–H groups in total. The zero-order chi connectivity index (χ0) is 15.4. The number of hydrogen-bond acceptors (Lipinski definition) is 5. The average molecular weight is 310 g/mol. The van der Waals surface area contributed by atoms with Crippen LogP contribution in [0.1, 0.15) is 24.0 Å². The molecule has 0 aliphatic carbocycles. The SMILES string of the molecule is CCCNC(=O)C[NH+](C)Cc1nn2c(=O)cc(C)nc2s1. The Morgan fingerprint density at radius 1 is 1.52 bits per heavy atom. The van der Waals surface area contributed by atoms with Gasteiger partial charge < -0.3 is 10.2 Å². The third-order valence-electron chi connectivity index (χ3n) is 2.90. The quantitative estimate of drug-likeness (QED) is 0.717. The van der Waals surface area contributed by atoms with Crippen molar-refractivity contribution < 1.29 is 9.69 Å². The number of aryl methyl sites for hydroxylation is 1. The van der Waals surface area contributed by atoms with Gasteiger partial charge in [-0.25, -0.2) is 4.98 Å². The monoisotopic (exact) mass is 310 g/mol. The lowest BCUT2D eigenvalue weighted by atomic mass is 10.4. The summed E-state index contributed by atoms with van der Waals surface area (Å²) in [5.41, 5.74) is 0.521. The number of quaternary nitrogens is 1. The number of carbonyl (C=O) groups excluding carboxylic acids is 1. The first-order valence-electron chi connectivity index (χ1n) is 6.94. The Morgan fingerprint density at radius 2 is 2.29 bits per heavy atom. The van der Waals surface area contributed by atoms with Crippen LogP contribution in [-0.4, -0.2) is 40.6 Å². The van der Waals surface area contributed by atoms with E-state index in [-0.39, 0.29) is 11.5 Å². The third-order valence-corrected chi connectivity index (χ3v) is 3.81. The molecule has 2 rings (SSSR count). The summed E-state index contributed by atoms with van der Waals surface area (Å²) < 4.78 is 1.32. The molecule has 2 aromatic rings. The molecule has 0 aromatic carbocycles. The van der Waals surface area contributed by atoms with Gasteiger partial charge in [0.1, 0.15) is 6.54 Å². The van der Waals surface area contributed by atoms with Crippen molar-refractivity contribution in [3.8, 4) is 0 Å². The molecular formula is C13H20N5O2S+. The summed E-state index contributed by atoms with van der Waals surface area (Å²) in [5, 5.41) is 7.92. The highest BCUT2D eigenvalue weighted by molar-refractivity contribution is 7.16. The molecule has 0 radical (unpaired) electrons. The molecule has 0 spiro atoms. The fraction of sp³-hybridized carbons (Fsp3) is 0.538. The van der Waals surface area contributed by atoms with Crippen LogP contribution in [-0.2, 0) is 11.3 Å². The lowest BCUT2D eigenvalue weighted by Crippen LogP contribution is -3.08. The first-order chi connectivity index (χ1) is 9.99.